The van der Waals surface area contributed by atoms with E-state index in [0.29, 0.717) is 25.5 Å². The van der Waals surface area contributed by atoms with Gasteiger partial charge in [0, 0.05) is 56.8 Å². The molecule has 2 aliphatic rings. The van der Waals surface area contributed by atoms with E-state index in [-0.39, 0.29) is 35.5 Å². The number of aliphatic hydroxyl groups is 1. The number of hydrogen-bond acceptors (Lipinski definition) is 7. The second-order valence-corrected chi connectivity index (χ2v) is 10.9. The number of aliphatic hydroxyl groups excluding tert-OH is 1. The van der Waals surface area contributed by atoms with Crippen LogP contribution in [0.5, 0.6) is 0 Å². The summed E-state index contributed by atoms with van der Waals surface area (Å²) in [6.45, 7) is 9.60. The predicted octanol–water partition coefficient (Wildman–Crippen LogP) is 2.07. The lowest BCUT2D eigenvalue weighted by Gasteiger charge is -2.36. The van der Waals surface area contributed by atoms with Gasteiger partial charge in [-0.2, -0.15) is 0 Å². The van der Waals surface area contributed by atoms with Crippen molar-refractivity contribution < 1.29 is 14.7 Å². The van der Waals surface area contributed by atoms with Crippen LogP contribution in [0.3, 0.4) is 0 Å². The van der Waals surface area contributed by atoms with Crippen LogP contribution in [-0.4, -0.2) is 81.6 Å². The second-order valence-electron chi connectivity index (χ2n) is 10.9. The molecule has 2 aliphatic heterocycles. The number of fused-ring (bicyclic) bond motifs is 1. The van der Waals surface area contributed by atoms with E-state index >= 15 is 0 Å². The number of β-amino-alcohol motifs (C(OH)–C–C–N with tert-alkyl or cyclic N) is 1. The van der Waals surface area contributed by atoms with Crippen LogP contribution >= 0.6 is 0 Å². The molecule has 2 aromatic rings. The Morgan fingerprint density at radius 3 is 2.56 bits per heavy atom. The predicted molar refractivity (Wildman–Crippen MR) is 138 cm³/mol. The highest BCUT2D eigenvalue weighted by atomic mass is 16.3. The lowest BCUT2D eigenvalue weighted by molar-refractivity contribution is -0.140. The Morgan fingerprint density at radius 1 is 1.11 bits per heavy atom. The molecule has 1 aromatic heterocycles. The molecule has 0 radical (unpaired) electrons. The fraction of sp³-hybridized carbons (Fsp3) is 0.556. The Labute approximate surface area is 213 Å². The summed E-state index contributed by atoms with van der Waals surface area (Å²) in [7, 11) is 0. The third-order valence-corrected chi connectivity index (χ3v) is 6.85. The topological polar surface area (TPSA) is 111 Å². The van der Waals surface area contributed by atoms with Gasteiger partial charge in [-0.05, 0) is 30.4 Å². The molecule has 36 heavy (non-hydrogen) atoms. The van der Waals surface area contributed by atoms with Gasteiger partial charge in [0.25, 0.3) is 5.91 Å². The minimum Gasteiger partial charge on any atom is -0.390 e. The number of rotatable bonds is 7. The van der Waals surface area contributed by atoms with Crippen molar-refractivity contribution in [1.29, 1.82) is 0 Å². The number of hydrogen-bond donors (Lipinski definition) is 3. The Hall–Kier alpha value is -3.04. The number of piperidine rings is 1. The van der Waals surface area contributed by atoms with Gasteiger partial charge in [0.15, 0.2) is 0 Å². The highest BCUT2D eigenvalue weighted by molar-refractivity contribution is 5.92. The van der Waals surface area contributed by atoms with E-state index in [9.17, 15) is 14.7 Å². The first kappa shape index (κ1) is 26.0. The standard InChI is InChI=1S/C27H38N6O3/c1-27(2,3)26(36)33-12-9-21(10-13-33)31-24-14-23(29-18-30-24)25(35)28-15-22(34)17-32-11-8-19-6-4-5-7-20(19)16-32/h4-7,14,18,21-22,34H,8-13,15-17H2,1-3H3,(H,28,35)(H,29,30,31). The fourth-order valence-corrected chi connectivity index (χ4v) is 4.84. The van der Waals surface area contributed by atoms with Gasteiger partial charge in [-0.25, -0.2) is 9.97 Å². The summed E-state index contributed by atoms with van der Waals surface area (Å²) in [4.78, 5) is 37.7. The van der Waals surface area contributed by atoms with E-state index in [1.165, 1.54) is 17.5 Å². The normalized spacial score (nSPS) is 17.8. The van der Waals surface area contributed by atoms with Gasteiger partial charge in [-0.15, -0.1) is 0 Å². The largest absolute Gasteiger partial charge is 0.390 e. The molecular weight excluding hydrogens is 456 g/mol. The van der Waals surface area contributed by atoms with E-state index in [4.69, 9.17) is 0 Å². The lowest BCUT2D eigenvalue weighted by Crippen LogP contribution is -2.46. The molecule has 1 atom stereocenters. The molecule has 4 rings (SSSR count). The number of anilines is 1. The van der Waals surface area contributed by atoms with Crippen LogP contribution in [0.4, 0.5) is 5.82 Å². The van der Waals surface area contributed by atoms with E-state index in [1.54, 1.807) is 6.07 Å². The number of likely N-dealkylation sites (tertiary alicyclic amines) is 1. The number of nitrogens with one attached hydrogen (secondary N) is 2. The average molecular weight is 495 g/mol. The van der Waals surface area contributed by atoms with E-state index in [2.05, 4.69) is 43.7 Å². The second kappa shape index (κ2) is 11.3. The summed E-state index contributed by atoms with van der Waals surface area (Å²) in [5, 5.41) is 16.7. The molecule has 2 amide bonds. The summed E-state index contributed by atoms with van der Waals surface area (Å²) >= 11 is 0. The van der Waals surface area contributed by atoms with Gasteiger partial charge in [0.2, 0.25) is 5.91 Å². The first-order valence-electron chi connectivity index (χ1n) is 12.8. The highest BCUT2D eigenvalue weighted by Gasteiger charge is 2.30. The number of carbonyl (C=O) groups is 2. The zero-order chi connectivity index (χ0) is 25.7. The summed E-state index contributed by atoms with van der Waals surface area (Å²) in [5.41, 5.74) is 2.55. The molecule has 1 unspecified atom stereocenters. The fourth-order valence-electron chi connectivity index (χ4n) is 4.84. The average Bonchev–Trinajstić information content (AvgIpc) is 2.87. The Kier molecular flexibility index (Phi) is 8.21. The zero-order valence-electron chi connectivity index (χ0n) is 21.5. The van der Waals surface area contributed by atoms with Crippen molar-refractivity contribution in [2.45, 2.75) is 58.7 Å². The molecule has 9 heteroatoms. The molecule has 0 saturated carbocycles. The number of carbonyl (C=O) groups excluding carboxylic acids is 2. The highest BCUT2D eigenvalue weighted by Crippen LogP contribution is 2.22. The van der Waals surface area contributed by atoms with Crippen LogP contribution < -0.4 is 10.6 Å². The molecule has 3 heterocycles. The molecule has 1 saturated heterocycles. The van der Waals surface area contributed by atoms with Crippen molar-refractivity contribution in [2.24, 2.45) is 5.41 Å². The maximum atomic E-state index is 12.7. The quantitative estimate of drug-likeness (QED) is 0.540. The maximum Gasteiger partial charge on any atom is 0.270 e. The number of aromatic nitrogens is 2. The van der Waals surface area contributed by atoms with Crippen LogP contribution in [0.25, 0.3) is 0 Å². The van der Waals surface area contributed by atoms with Gasteiger partial charge in [-0.3, -0.25) is 14.5 Å². The first-order chi connectivity index (χ1) is 17.2. The van der Waals surface area contributed by atoms with Crippen molar-refractivity contribution in [1.82, 2.24) is 25.1 Å². The van der Waals surface area contributed by atoms with E-state index in [1.807, 2.05) is 31.7 Å². The molecule has 3 N–H and O–H groups in total. The monoisotopic (exact) mass is 494 g/mol. The smallest absolute Gasteiger partial charge is 0.270 e. The maximum absolute atomic E-state index is 12.7. The van der Waals surface area contributed by atoms with Crippen molar-refractivity contribution in [3.63, 3.8) is 0 Å². The van der Waals surface area contributed by atoms with E-state index in [0.717, 1.165) is 32.4 Å². The van der Waals surface area contributed by atoms with Gasteiger partial charge in [-0.1, -0.05) is 45.0 Å². The SMILES string of the molecule is CC(C)(C)C(=O)N1CCC(Nc2cc(C(=O)NCC(O)CN3CCc4ccccc4C3)ncn2)CC1. The molecule has 0 bridgehead atoms. The van der Waals surface area contributed by atoms with E-state index < -0.39 is 6.10 Å². The Morgan fingerprint density at radius 2 is 1.83 bits per heavy atom. The van der Waals surface area contributed by atoms with Gasteiger partial charge in [0.05, 0.1) is 6.10 Å². The number of nitrogens with zero attached hydrogens (tertiary/aromatic N) is 4. The molecule has 0 aliphatic carbocycles. The van der Waals surface area contributed by atoms with Crippen molar-refractivity contribution in [2.75, 3.05) is 38.0 Å². The van der Waals surface area contributed by atoms with Crippen LogP contribution in [0, 0.1) is 5.41 Å². The molecule has 9 nitrogen and oxygen atoms in total. The minimum atomic E-state index is -0.667. The van der Waals surface area contributed by atoms with Gasteiger partial charge in [0.1, 0.15) is 17.8 Å². The third-order valence-electron chi connectivity index (χ3n) is 6.85. The summed E-state index contributed by atoms with van der Waals surface area (Å²) < 4.78 is 0. The van der Waals surface area contributed by atoms with Gasteiger partial charge >= 0.3 is 0 Å². The van der Waals surface area contributed by atoms with Crippen LogP contribution in [0.1, 0.15) is 55.2 Å². The van der Waals surface area contributed by atoms with Crippen molar-refractivity contribution in [3.05, 3.63) is 53.5 Å². The summed E-state index contributed by atoms with van der Waals surface area (Å²) in [6.07, 6.45) is 3.32. The molecular formula is C27H38N6O3. The number of amides is 2. The van der Waals surface area contributed by atoms with Crippen molar-refractivity contribution in [3.8, 4) is 0 Å². The number of benzene rings is 1. The molecule has 0 spiro atoms. The Balaban J connectivity index is 1.22. The lowest BCUT2D eigenvalue weighted by atomic mass is 9.93. The third kappa shape index (κ3) is 6.79. The Bertz CT molecular complexity index is 1060. The molecule has 194 valence electrons. The van der Waals surface area contributed by atoms with Crippen LogP contribution in [-0.2, 0) is 17.8 Å². The van der Waals surface area contributed by atoms with Crippen LogP contribution in [0.2, 0.25) is 0 Å². The molecule has 1 aromatic carbocycles. The van der Waals surface area contributed by atoms with Crippen LogP contribution in [0.15, 0.2) is 36.7 Å². The first-order valence-corrected chi connectivity index (χ1v) is 12.8. The van der Waals surface area contributed by atoms with Crippen molar-refractivity contribution >= 4 is 17.6 Å². The summed E-state index contributed by atoms with van der Waals surface area (Å²) in [6, 6.07) is 10.2. The molecule has 1 fully saturated rings. The zero-order valence-corrected chi connectivity index (χ0v) is 21.5. The summed E-state index contributed by atoms with van der Waals surface area (Å²) in [5.74, 6) is 0.423. The minimum absolute atomic E-state index is 0.157. The van der Waals surface area contributed by atoms with Gasteiger partial charge < -0.3 is 20.6 Å².